The molecule has 1 heterocycles. The maximum atomic E-state index is 12.7. The Morgan fingerprint density at radius 3 is 2.25 bits per heavy atom. The first-order valence-electron chi connectivity index (χ1n) is 7.28. The Morgan fingerprint density at radius 2 is 1.85 bits per heavy atom. The summed E-state index contributed by atoms with van der Waals surface area (Å²) < 4.78 is 2.80. The van der Waals surface area contributed by atoms with Gasteiger partial charge in [-0.25, -0.2) is 0 Å². The van der Waals surface area contributed by atoms with Crippen LogP contribution in [0.5, 0.6) is 0 Å². The molecule has 0 spiro atoms. The van der Waals surface area contributed by atoms with E-state index in [1.54, 1.807) is 0 Å². The molecule has 0 aliphatic carbocycles. The van der Waals surface area contributed by atoms with Crippen LogP contribution in [0.1, 0.15) is 46.0 Å². The molecule has 0 amide bonds. The standard InChI is InChI=1S/C15H26BrN3O/c1-7-11-14(16)12(18(6)17-11)10-13(20)15(4,5)19(8-2)9-3/h7-10H2,1-6H3. The van der Waals surface area contributed by atoms with Gasteiger partial charge in [-0.2, -0.15) is 5.10 Å². The van der Waals surface area contributed by atoms with E-state index in [0.29, 0.717) is 6.42 Å². The molecular formula is C15H26BrN3O. The smallest absolute Gasteiger partial charge is 0.158 e. The maximum absolute atomic E-state index is 12.7. The van der Waals surface area contributed by atoms with Crippen LogP contribution in [0.15, 0.2) is 4.47 Å². The molecule has 0 aliphatic heterocycles. The Kier molecular flexibility index (Phi) is 5.95. The van der Waals surface area contributed by atoms with Crippen molar-refractivity contribution in [3.05, 3.63) is 15.9 Å². The molecule has 0 saturated heterocycles. The Morgan fingerprint density at radius 1 is 1.30 bits per heavy atom. The molecular weight excluding hydrogens is 318 g/mol. The van der Waals surface area contributed by atoms with E-state index >= 15 is 0 Å². The van der Waals surface area contributed by atoms with Crippen molar-refractivity contribution in [1.82, 2.24) is 14.7 Å². The summed E-state index contributed by atoms with van der Waals surface area (Å²) in [5, 5.41) is 4.45. The lowest BCUT2D eigenvalue weighted by molar-refractivity contribution is -0.128. The van der Waals surface area contributed by atoms with Crippen molar-refractivity contribution < 1.29 is 4.79 Å². The van der Waals surface area contributed by atoms with Gasteiger partial charge in [-0.15, -0.1) is 0 Å². The number of nitrogens with zero attached hydrogens (tertiary/aromatic N) is 3. The van der Waals surface area contributed by atoms with Crippen molar-refractivity contribution in [3.8, 4) is 0 Å². The van der Waals surface area contributed by atoms with Crippen LogP contribution >= 0.6 is 15.9 Å². The Bertz CT molecular complexity index is 476. The predicted molar refractivity (Wildman–Crippen MR) is 86.0 cm³/mol. The van der Waals surface area contributed by atoms with Crippen LogP contribution in [-0.2, 0) is 24.7 Å². The van der Waals surface area contributed by atoms with Gasteiger partial charge in [0.25, 0.3) is 0 Å². The summed E-state index contributed by atoms with van der Waals surface area (Å²) in [5.41, 5.74) is 1.53. The van der Waals surface area contributed by atoms with E-state index in [2.05, 4.69) is 46.7 Å². The van der Waals surface area contributed by atoms with Gasteiger partial charge >= 0.3 is 0 Å². The summed E-state index contributed by atoms with van der Waals surface area (Å²) in [6.07, 6.45) is 1.27. The topological polar surface area (TPSA) is 38.1 Å². The molecule has 20 heavy (non-hydrogen) atoms. The number of likely N-dealkylation sites (N-methyl/N-ethyl adjacent to an activating group) is 1. The van der Waals surface area contributed by atoms with Crippen molar-refractivity contribution in [2.45, 2.75) is 53.0 Å². The summed E-state index contributed by atoms with van der Waals surface area (Å²) in [7, 11) is 1.90. The lowest BCUT2D eigenvalue weighted by Gasteiger charge is -2.35. The number of hydrogen-bond donors (Lipinski definition) is 0. The lowest BCUT2D eigenvalue weighted by atomic mass is 9.93. The molecule has 0 aromatic carbocycles. The molecule has 0 unspecified atom stereocenters. The average molecular weight is 344 g/mol. The zero-order valence-corrected chi connectivity index (χ0v) is 15.0. The van der Waals surface area contributed by atoms with Crippen LogP contribution in [-0.4, -0.2) is 39.1 Å². The van der Waals surface area contributed by atoms with Crippen molar-refractivity contribution in [2.75, 3.05) is 13.1 Å². The molecule has 0 bridgehead atoms. The third-order valence-corrected chi connectivity index (χ3v) is 4.98. The largest absolute Gasteiger partial charge is 0.297 e. The zero-order chi connectivity index (χ0) is 15.5. The van der Waals surface area contributed by atoms with Crippen LogP contribution in [0, 0.1) is 0 Å². The number of hydrogen-bond acceptors (Lipinski definition) is 3. The van der Waals surface area contributed by atoms with Gasteiger partial charge < -0.3 is 0 Å². The van der Waals surface area contributed by atoms with E-state index in [0.717, 1.165) is 35.4 Å². The molecule has 0 radical (unpaired) electrons. The highest BCUT2D eigenvalue weighted by atomic mass is 79.9. The second-order valence-electron chi connectivity index (χ2n) is 5.52. The molecule has 1 rings (SSSR count). The fourth-order valence-corrected chi connectivity index (χ4v) is 3.33. The van der Waals surface area contributed by atoms with E-state index in [-0.39, 0.29) is 5.78 Å². The number of aromatic nitrogens is 2. The van der Waals surface area contributed by atoms with Crippen LogP contribution in [0.4, 0.5) is 0 Å². The number of carbonyl (C=O) groups excluding carboxylic acids is 1. The summed E-state index contributed by atoms with van der Waals surface area (Å²) in [4.78, 5) is 14.9. The number of halogens is 1. The van der Waals surface area contributed by atoms with E-state index in [9.17, 15) is 4.79 Å². The molecule has 0 fully saturated rings. The van der Waals surface area contributed by atoms with E-state index in [1.807, 2.05) is 25.6 Å². The number of carbonyl (C=O) groups is 1. The molecule has 1 aromatic heterocycles. The molecule has 0 N–H and O–H groups in total. The molecule has 5 heteroatoms. The lowest BCUT2D eigenvalue weighted by Crippen LogP contribution is -2.50. The molecule has 0 saturated carbocycles. The van der Waals surface area contributed by atoms with Crippen molar-refractivity contribution in [3.63, 3.8) is 0 Å². The van der Waals surface area contributed by atoms with E-state index < -0.39 is 5.54 Å². The normalized spacial score (nSPS) is 12.2. The monoisotopic (exact) mass is 343 g/mol. The highest BCUT2D eigenvalue weighted by molar-refractivity contribution is 9.10. The average Bonchev–Trinajstić information content (AvgIpc) is 2.67. The molecule has 114 valence electrons. The molecule has 1 aromatic rings. The summed E-state index contributed by atoms with van der Waals surface area (Å²) in [5.74, 6) is 0.229. The Hall–Kier alpha value is -0.680. The number of ketones is 1. The first-order chi connectivity index (χ1) is 9.29. The van der Waals surface area contributed by atoms with Crippen LogP contribution in [0.2, 0.25) is 0 Å². The van der Waals surface area contributed by atoms with Crippen LogP contribution < -0.4 is 0 Å². The summed E-state index contributed by atoms with van der Waals surface area (Å²) >= 11 is 3.58. The van der Waals surface area contributed by atoms with Gasteiger partial charge in [0.15, 0.2) is 5.78 Å². The maximum Gasteiger partial charge on any atom is 0.158 e. The highest BCUT2D eigenvalue weighted by Crippen LogP contribution is 2.25. The predicted octanol–water partition coefficient (Wildman–Crippen LogP) is 2.98. The van der Waals surface area contributed by atoms with Gasteiger partial charge in [0, 0.05) is 7.05 Å². The Balaban J connectivity index is 2.99. The SMILES string of the molecule is CCc1nn(C)c(CC(=O)C(C)(C)N(CC)CC)c1Br. The molecule has 0 atom stereocenters. The van der Waals surface area contributed by atoms with Crippen molar-refractivity contribution in [2.24, 2.45) is 7.05 Å². The van der Waals surface area contributed by atoms with Crippen LogP contribution in [0.25, 0.3) is 0 Å². The van der Waals surface area contributed by atoms with Gasteiger partial charge in [0.05, 0.1) is 27.8 Å². The highest BCUT2D eigenvalue weighted by Gasteiger charge is 2.33. The van der Waals surface area contributed by atoms with Gasteiger partial charge in [0.2, 0.25) is 0 Å². The quantitative estimate of drug-likeness (QED) is 0.763. The minimum absolute atomic E-state index is 0.229. The fourth-order valence-electron chi connectivity index (χ4n) is 2.57. The first-order valence-corrected chi connectivity index (χ1v) is 8.07. The number of rotatable bonds is 7. The number of Topliss-reactive ketones (excluding diaryl/α,β-unsaturated/α-hetero) is 1. The van der Waals surface area contributed by atoms with Gasteiger partial charge in [-0.05, 0) is 49.3 Å². The van der Waals surface area contributed by atoms with E-state index in [1.165, 1.54) is 0 Å². The third-order valence-electron chi connectivity index (χ3n) is 4.07. The van der Waals surface area contributed by atoms with Gasteiger partial charge in [-0.3, -0.25) is 14.4 Å². The van der Waals surface area contributed by atoms with Crippen molar-refractivity contribution in [1.29, 1.82) is 0 Å². The molecule has 4 nitrogen and oxygen atoms in total. The Labute approximate surface area is 130 Å². The number of aryl methyl sites for hydroxylation is 2. The summed E-state index contributed by atoms with van der Waals surface area (Å²) in [6.45, 7) is 12.0. The minimum Gasteiger partial charge on any atom is -0.297 e. The van der Waals surface area contributed by atoms with Crippen molar-refractivity contribution >= 4 is 21.7 Å². The van der Waals surface area contributed by atoms with E-state index in [4.69, 9.17) is 0 Å². The third kappa shape index (κ3) is 3.31. The second-order valence-corrected chi connectivity index (χ2v) is 6.31. The minimum atomic E-state index is -0.445. The zero-order valence-electron chi connectivity index (χ0n) is 13.5. The van der Waals surface area contributed by atoms with Crippen LogP contribution in [0.3, 0.4) is 0 Å². The van der Waals surface area contributed by atoms with Gasteiger partial charge in [-0.1, -0.05) is 20.8 Å². The van der Waals surface area contributed by atoms with Gasteiger partial charge in [0.1, 0.15) is 0 Å². The fraction of sp³-hybridized carbons (Fsp3) is 0.733. The first kappa shape index (κ1) is 17.4. The second kappa shape index (κ2) is 6.85. The summed E-state index contributed by atoms with van der Waals surface area (Å²) in [6, 6.07) is 0. The molecule has 0 aliphatic rings.